The molecule has 0 radical (unpaired) electrons. The second-order valence-electron chi connectivity index (χ2n) is 9.25. The first-order valence-electron chi connectivity index (χ1n) is 9.60. The normalized spacial score (nSPS) is 41.7. The van der Waals surface area contributed by atoms with Crippen LogP contribution in [0.15, 0.2) is 11.6 Å². The predicted octanol–water partition coefficient (Wildman–Crippen LogP) is 7.27. The van der Waals surface area contributed by atoms with Crippen molar-refractivity contribution in [1.82, 2.24) is 0 Å². The fourth-order valence-electron chi connectivity index (χ4n) is 7.23. The maximum absolute atomic E-state index is 12.1. The van der Waals surface area contributed by atoms with Crippen molar-refractivity contribution >= 4 is 11.6 Å². The number of carbonyl (C=O) groups excluding carboxylic acids is 2. The molecule has 0 aromatic carbocycles. The van der Waals surface area contributed by atoms with Gasteiger partial charge in [-0.3, -0.25) is 9.59 Å². The molecule has 3 fully saturated rings. The molecule has 0 aromatic rings. The highest BCUT2D eigenvalue weighted by Gasteiger charge is 2.59. The van der Waals surface area contributed by atoms with Crippen LogP contribution in [-0.2, 0) is 9.59 Å². The smallest absolute Gasteiger partial charge is 0.155 e. The topological polar surface area (TPSA) is 34.1 Å². The first-order chi connectivity index (χ1) is 10.9. The van der Waals surface area contributed by atoms with Crippen molar-refractivity contribution in [2.45, 2.75) is 102 Å². The molecule has 158 valence electrons. The van der Waals surface area contributed by atoms with E-state index in [0.717, 1.165) is 43.4 Å². The van der Waals surface area contributed by atoms with Gasteiger partial charge < -0.3 is 0 Å². The average molecular weight is 379 g/mol. The van der Waals surface area contributed by atoms with Crippen molar-refractivity contribution in [1.29, 1.82) is 0 Å². The summed E-state index contributed by atoms with van der Waals surface area (Å²) < 4.78 is 0. The third kappa shape index (κ3) is 3.58. The lowest BCUT2D eigenvalue weighted by Gasteiger charge is -2.58. The lowest BCUT2D eigenvalue weighted by molar-refractivity contribution is -0.128. The van der Waals surface area contributed by atoms with Crippen LogP contribution in [0, 0.1) is 34.5 Å². The number of carbonyl (C=O) groups is 2. The minimum Gasteiger partial charge on any atom is -0.300 e. The van der Waals surface area contributed by atoms with Crippen LogP contribution in [-0.4, -0.2) is 11.6 Å². The van der Waals surface area contributed by atoms with E-state index in [1.54, 1.807) is 6.92 Å². The number of rotatable bonds is 1. The van der Waals surface area contributed by atoms with Crippen LogP contribution in [0.1, 0.15) is 102 Å². The molecule has 0 saturated heterocycles. The minimum atomic E-state index is 0. The van der Waals surface area contributed by atoms with Gasteiger partial charge in [-0.25, -0.2) is 0 Å². The van der Waals surface area contributed by atoms with Gasteiger partial charge in [-0.05, 0) is 86.5 Å². The molecule has 27 heavy (non-hydrogen) atoms. The number of hydrogen-bond donors (Lipinski definition) is 0. The molecule has 0 amide bonds. The SMILES string of the molecule is C.C.C.C.CC(=O)[C@H]1CCC2[C@@H]3CCC4=CC(=O)CC[C@@]4(C)[C@@H]3CC[C@@]21C. The third-order valence-electron chi connectivity index (χ3n) is 8.45. The zero-order valence-electron chi connectivity index (χ0n) is 14.9. The summed E-state index contributed by atoms with van der Waals surface area (Å²) in [6.45, 7) is 6.65. The van der Waals surface area contributed by atoms with E-state index < -0.39 is 0 Å². The molecule has 0 heterocycles. The van der Waals surface area contributed by atoms with E-state index in [1.165, 1.54) is 31.3 Å². The lowest BCUT2D eigenvalue weighted by Crippen LogP contribution is -2.51. The molecule has 3 saturated carbocycles. The molecule has 4 rings (SSSR count). The molecular formula is C25H46O2. The van der Waals surface area contributed by atoms with Gasteiger partial charge in [0.2, 0.25) is 0 Å². The summed E-state index contributed by atoms with van der Waals surface area (Å²) in [4.78, 5) is 24.0. The van der Waals surface area contributed by atoms with Gasteiger partial charge >= 0.3 is 0 Å². The van der Waals surface area contributed by atoms with Gasteiger partial charge in [0, 0.05) is 12.3 Å². The standard InChI is InChI=1S/C21H30O2.4CH4/c1-13(22)17-6-7-18-16-5-4-14-12-15(23)8-10-20(14,2)19(16)9-11-21(17,18)3;;;;/h12,16-19H,4-11H2,1-3H3;4*1H4/t16-,17+,18?,19+,20+,21+;;;;/m0..../s1. The van der Waals surface area contributed by atoms with Crippen LogP contribution in [0.4, 0.5) is 0 Å². The first kappa shape index (κ1) is 26.1. The fraction of sp³-hybridized carbons (Fsp3) is 0.840. The second kappa shape index (κ2) is 8.62. The summed E-state index contributed by atoms with van der Waals surface area (Å²) in [6.07, 6.45) is 10.9. The Bertz CT molecular complexity index is 589. The van der Waals surface area contributed by atoms with Gasteiger partial charge in [0.1, 0.15) is 5.78 Å². The molecule has 0 spiro atoms. The Hall–Kier alpha value is -0.920. The summed E-state index contributed by atoms with van der Waals surface area (Å²) in [5.41, 5.74) is 1.95. The van der Waals surface area contributed by atoms with E-state index in [9.17, 15) is 9.59 Å². The van der Waals surface area contributed by atoms with Crippen molar-refractivity contribution in [2.24, 2.45) is 34.5 Å². The second-order valence-corrected chi connectivity index (χ2v) is 9.25. The summed E-state index contributed by atoms with van der Waals surface area (Å²) >= 11 is 0. The Morgan fingerprint density at radius 2 is 1.59 bits per heavy atom. The first-order valence-corrected chi connectivity index (χ1v) is 9.60. The Morgan fingerprint density at radius 3 is 2.22 bits per heavy atom. The maximum Gasteiger partial charge on any atom is 0.155 e. The average Bonchev–Trinajstić information content (AvgIpc) is 2.85. The molecule has 0 N–H and O–H groups in total. The number of allylic oxidation sites excluding steroid dienone is 1. The van der Waals surface area contributed by atoms with Crippen LogP contribution in [0.3, 0.4) is 0 Å². The lowest BCUT2D eigenvalue weighted by atomic mass is 9.47. The van der Waals surface area contributed by atoms with Crippen molar-refractivity contribution < 1.29 is 9.59 Å². The van der Waals surface area contributed by atoms with Gasteiger partial charge in [-0.15, -0.1) is 0 Å². The van der Waals surface area contributed by atoms with Gasteiger partial charge in [0.05, 0.1) is 0 Å². The molecular weight excluding hydrogens is 332 g/mol. The number of Topliss-reactive ketones (excluding diaryl/α,β-unsaturated/α-hetero) is 1. The van der Waals surface area contributed by atoms with Gasteiger partial charge in [-0.1, -0.05) is 49.1 Å². The van der Waals surface area contributed by atoms with E-state index in [4.69, 9.17) is 0 Å². The molecule has 0 aromatic heterocycles. The van der Waals surface area contributed by atoms with E-state index in [1.807, 2.05) is 6.08 Å². The van der Waals surface area contributed by atoms with E-state index in [0.29, 0.717) is 17.5 Å². The molecule has 0 bridgehead atoms. The maximum atomic E-state index is 12.1. The van der Waals surface area contributed by atoms with Crippen LogP contribution in [0.25, 0.3) is 0 Å². The van der Waals surface area contributed by atoms with Crippen molar-refractivity contribution in [2.75, 3.05) is 0 Å². The van der Waals surface area contributed by atoms with Crippen molar-refractivity contribution in [3.63, 3.8) is 0 Å². The highest BCUT2D eigenvalue weighted by Crippen LogP contribution is 2.66. The van der Waals surface area contributed by atoms with E-state index >= 15 is 0 Å². The molecule has 0 aliphatic heterocycles. The Labute approximate surface area is 169 Å². The largest absolute Gasteiger partial charge is 0.300 e. The number of ketones is 2. The van der Waals surface area contributed by atoms with E-state index in [-0.39, 0.29) is 40.5 Å². The minimum absolute atomic E-state index is 0. The van der Waals surface area contributed by atoms with Gasteiger partial charge in [0.25, 0.3) is 0 Å². The third-order valence-corrected chi connectivity index (χ3v) is 8.45. The molecule has 4 aliphatic carbocycles. The summed E-state index contributed by atoms with van der Waals surface area (Å²) in [7, 11) is 0. The summed E-state index contributed by atoms with van der Waals surface area (Å²) in [5.74, 6) is 3.29. The highest BCUT2D eigenvalue weighted by molar-refractivity contribution is 5.91. The summed E-state index contributed by atoms with van der Waals surface area (Å²) in [5, 5.41) is 0. The Balaban J connectivity index is 0.00000169. The van der Waals surface area contributed by atoms with Crippen LogP contribution >= 0.6 is 0 Å². The van der Waals surface area contributed by atoms with Crippen molar-refractivity contribution in [3.05, 3.63) is 11.6 Å². The molecule has 1 unspecified atom stereocenters. The fourth-order valence-corrected chi connectivity index (χ4v) is 7.23. The van der Waals surface area contributed by atoms with Crippen LogP contribution in [0.5, 0.6) is 0 Å². The predicted molar refractivity (Wildman–Crippen MR) is 118 cm³/mol. The zero-order chi connectivity index (χ0) is 16.4. The Morgan fingerprint density at radius 1 is 0.926 bits per heavy atom. The number of fused-ring (bicyclic) bond motifs is 5. The molecule has 6 atom stereocenters. The molecule has 4 aliphatic rings. The van der Waals surface area contributed by atoms with Crippen LogP contribution in [0.2, 0.25) is 0 Å². The van der Waals surface area contributed by atoms with Crippen LogP contribution < -0.4 is 0 Å². The van der Waals surface area contributed by atoms with Gasteiger partial charge in [-0.2, -0.15) is 0 Å². The van der Waals surface area contributed by atoms with E-state index in [2.05, 4.69) is 13.8 Å². The van der Waals surface area contributed by atoms with Crippen molar-refractivity contribution in [3.8, 4) is 0 Å². The Kier molecular flexibility index (Phi) is 8.32. The van der Waals surface area contributed by atoms with Gasteiger partial charge in [0.15, 0.2) is 5.78 Å². The molecule has 2 heteroatoms. The zero-order valence-corrected chi connectivity index (χ0v) is 14.9. The monoisotopic (exact) mass is 378 g/mol. The summed E-state index contributed by atoms with van der Waals surface area (Å²) in [6, 6.07) is 0. The quantitative estimate of drug-likeness (QED) is 0.481. The number of hydrogen-bond acceptors (Lipinski definition) is 2. The molecule has 2 nitrogen and oxygen atoms in total. The highest BCUT2D eigenvalue weighted by atomic mass is 16.1.